The quantitative estimate of drug-likeness (QED) is 0.371. The highest BCUT2D eigenvalue weighted by Gasteiger charge is 2.10. The van der Waals surface area contributed by atoms with Crippen LogP contribution in [-0.4, -0.2) is 15.5 Å². The number of halogens is 1. The van der Waals surface area contributed by atoms with Crippen LogP contribution < -0.4 is 11.2 Å². The highest BCUT2D eigenvalue weighted by atomic mass is 19.1. The number of hydrogen-bond acceptors (Lipinski definition) is 3. The molecule has 5 nitrogen and oxygen atoms in total. The molecule has 0 aliphatic heterocycles. The zero-order valence-electron chi connectivity index (χ0n) is 17.4. The van der Waals surface area contributed by atoms with E-state index in [1.165, 1.54) is 77.0 Å². The van der Waals surface area contributed by atoms with Crippen molar-refractivity contribution in [2.45, 2.75) is 110 Å². The Bertz CT molecular complexity index is 666. The predicted octanol–water partition coefficient (Wildman–Crippen LogP) is 5.58. The van der Waals surface area contributed by atoms with Crippen molar-refractivity contribution in [1.82, 2.24) is 9.55 Å². The van der Waals surface area contributed by atoms with Crippen molar-refractivity contribution in [2.75, 3.05) is 0 Å². The van der Waals surface area contributed by atoms with Crippen molar-refractivity contribution in [2.24, 2.45) is 0 Å². The molecule has 0 radical (unpaired) electrons. The van der Waals surface area contributed by atoms with Crippen molar-refractivity contribution < 1.29 is 9.18 Å². The second-order valence-electron chi connectivity index (χ2n) is 7.70. The largest absolute Gasteiger partial charge is 0.335 e. The summed E-state index contributed by atoms with van der Waals surface area (Å²) < 4.78 is 13.8. The van der Waals surface area contributed by atoms with Crippen molar-refractivity contribution in [3.63, 3.8) is 0 Å². The number of aromatic nitrogens is 2. The average molecular weight is 397 g/mol. The molecule has 0 saturated heterocycles. The Morgan fingerprint density at radius 3 is 1.71 bits per heavy atom. The molecule has 0 aromatic carbocycles. The molecule has 0 spiro atoms. The van der Waals surface area contributed by atoms with Crippen LogP contribution in [0.5, 0.6) is 0 Å². The van der Waals surface area contributed by atoms with Gasteiger partial charge in [0.05, 0.1) is 6.20 Å². The summed E-state index contributed by atoms with van der Waals surface area (Å²) in [6.07, 6.45) is 19.4. The van der Waals surface area contributed by atoms with E-state index in [4.69, 9.17) is 0 Å². The first kappa shape index (κ1) is 24.3. The fourth-order valence-corrected chi connectivity index (χ4v) is 3.40. The lowest BCUT2D eigenvalue weighted by Gasteiger charge is -2.05. The van der Waals surface area contributed by atoms with Crippen LogP contribution in [0.2, 0.25) is 0 Å². The molecular weight excluding hydrogens is 359 g/mol. The summed E-state index contributed by atoms with van der Waals surface area (Å²) in [4.78, 5) is 36.2. The van der Waals surface area contributed by atoms with E-state index in [1.54, 1.807) is 4.98 Å². The normalized spacial score (nSPS) is 11.1. The number of carbonyl (C=O) groups excluding carboxylic acids is 1. The van der Waals surface area contributed by atoms with Crippen LogP contribution in [0, 0.1) is 5.82 Å². The Labute approximate surface area is 167 Å². The summed E-state index contributed by atoms with van der Waals surface area (Å²) in [6, 6.07) is 0. The summed E-state index contributed by atoms with van der Waals surface area (Å²) in [6.45, 7) is 2.25. The number of hydrogen-bond donors (Lipinski definition) is 1. The summed E-state index contributed by atoms with van der Waals surface area (Å²) in [5.74, 6) is -1.60. The first-order valence-electron chi connectivity index (χ1n) is 11.1. The third-order valence-electron chi connectivity index (χ3n) is 5.16. The maximum absolute atomic E-state index is 13.2. The van der Waals surface area contributed by atoms with E-state index in [9.17, 15) is 18.8 Å². The fraction of sp³-hybridized carbons (Fsp3) is 0.773. The Morgan fingerprint density at radius 1 is 0.821 bits per heavy atom. The number of unbranched alkanes of at least 4 members (excludes halogenated alkanes) is 14. The molecule has 160 valence electrons. The van der Waals surface area contributed by atoms with Crippen molar-refractivity contribution in [3.8, 4) is 0 Å². The van der Waals surface area contributed by atoms with E-state index in [1.807, 2.05) is 0 Å². The lowest BCUT2D eigenvalue weighted by molar-refractivity contribution is 0.0891. The second kappa shape index (κ2) is 15.2. The van der Waals surface area contributed by atoms with Crippen LogP contribution in [0.1, 0.15) is 114 Å². The van der Waals surface area contributed by atoms with E-state index in [0.717, 1.165) is 12.8 Å². The SMILES string of the molecule is CCCCCCCCCCCCCCCCCC(=O)n1cc(F)c(=O)[nH]c1=O. The number of H-pyrrole nitrogens is 1. The smallest absolute Gasteiger partial charge is 0.274 e. The predicted molar refractivity (Wildman–Crippen MR) is 111 cm³/mol. The van der Waals surface area contributed by atoms with E-state index in [2.05, 4.69) is 6.92 Å². The third-order valence-corrected chi connectivity index (χ3v) is 5.16. The molecule has 0 fully saturated rings. The van der Waals surface area contributed by atoms with Crippen LogP contribution in [-0.2, 0) is 0 Å². The summed E-state index contributed by atoms with van der Waals surface area (Å²) in [7, 11) is 0. The molecule has 0 unspecified atom stereocenters. The van der Waals surface area contributed by atoms with E-state index in [0.29, 0.717) is 17.2 Å². The molecule has 0 bridgehead atoms. The molecule has 0 aliphatic rings. The van der Waals surface area contributed by atoms with Crippen molar-refractivity contribution in [3.05, 3.63) is 32.9 Å². The number of carbonyl (C=O) groups is 1. The van der Waals surface area contributed by atoms with Crippen LogP contribution in [0.4, 0.5) is 4.39 Å². The van der Waals surface area contributed by atoms with Crippen molar-refractivity contribution in [1.29, 1.82) is 0 Å². The summed E-state index contributed by atoms with van der Waals surface area (Å²) in [5, 5.41) is 0. The Balaban J connectivity index is 1.95. The molecule has 0 amide bonds. The highest BCUT2D eigenvalue weighted by molar-refractivity contribution is 5.78. The van der Waals surface area contributed by atoms with Gasteiger partial charge in [-0.15, -0.1) is 0 Å². The molecule has 6 heteroatoms. The van der Waals surface area contributed by atoms with Gasteiger partial charge in [-0.1, -0.05) is 96.8 Å². The molecule has 1 aromatic heterocycles. The summed E-state index contributed by atoms with van der Waals surface area (Å²) >= 11 is 0. The zero-order chi connectivity index (χ0) is 20.6. The van der Waals surface area contributed by atoms with Gasteiger partial charge in [-0.25, -0.2) is 9.36 Å². The van der Waals surface area contributed by atoms with E-state index in [-0.39, 0.29) is 6.42 Å². The highest BCUT2D eigenvalue weighted by Crippen LogP contribution is 2.13. The molecule has 1 N–H and O–H groups in total. The van der Waals surface area contributed by atoms with Gasteiger partial charge in [0.15, 0.2) is 0 Å². The van der Waals surface area contributed by atoms with E-state index < -0.39 is 23.0 Å². The lowest BCUT2D eigenvalue weighted by Crippen LogP contribution is -2.34. The van der Waals surface area contributed by atoms with Crippen LogP contribution in [0.25, 0.3) is 0 Å². The van der Waals surface area contributed by atoms with Crippen LogP contribution >= 0.6 is 0 Å². The minimum atomic E-state index is -1.12. The maximum atomic E-state index is 13.2. The van der Waals surface area contributed by atoms with Crippen LogP contribution in [0.3, 0.4) is 0 Å². The number of nitrogens with one attached hydrogen (secondary N) is 1. The Kier molecular flexibility index (Phi) is 13.2. The Morgan fingerprint density at radius 2 is 1.25 bits per heavy atom. The minimum Gasteiger partial charge on any atom is -0.274 e. The molecule has 1 heterocycles. The molecular formula is C22H37FN2O3. The molecule has 1 aromatic rings. The van der Waals surface area contributed by atoms with Crippen LogP contribution in [0.15, 0.2) is 15.8 Å². The van der Waals surface area contributed by atoms with Gasteiger partial charge in [-0.05, 0) is 6.42 Å². The molecule has 28 heavy (non-hydrogen) atoms. The van der Waals surface area contributed by atoms with Gasteiger partial charge >= 0.3 is 5.69 Å². The molecule has 0 aliphatic carbocycles. The first-order valence-corrected chi connectivity index (χ1v) is 11.1. The standard InChI is InChI=1S/C22H37FN2O3/c1-2-3-4-5-6-7-8-9-10-11-12-13-14-15-16-17-20(26)25-18-19(23)21(27)24-22(25)28/h18H,2-17H2,1H3,(H,24,27,28). The van der Waals surface area contributed by atoms with Gasteiger partial charge in [0.25, 0.3) is 5.56 Å². The van der Waals surface area contributed by atoms with Gasteiger partial charge in [0, 0.05) is 6.42 Å². The van der Waals surface area contributed by atoms with Crippen molar-refractivity contribution >= 4 is 5.91 Å². The average Bonchev–Trinajstić information content (AvgIpc) is 2.67. The van der Waals surface area contributed by atoms with Gasteiger partial charge in [0.1, 0.15) is 0 Å². The minimum absolute atomic E-state index is 0.184. The Hall–Kier alpha value is -1.72. The van der Waals surface area contributed by atoms with Gasteiger partial charge in [0.2, 0.25) is 11.7 Å². The molecule has 1 rings (SSSR count). The monoisotopic (exact) mass is 396 g/mol. The second-order valence-corrected chi connectivity index (χ2v) is 7.70. The van der Waals surface area contributed by atoms with Gasteiger partial charge in [-0.2, -0.15) is 4.39 Å². The third kappa shape index (κ3) is 10.6. The number of rotatable bonds is 16. The van der Waals surface area contributed by atoms with E-state index >= 15 is 0 Å². The fourth-order valence-electron chi connectivity index (χ4n) is 3.40. The first-order chi connectivity index (χ1) is 13.6. The van der Waals surface area contributed by atoms with Gasteiger partial charge < -0.3 is 0 Å². The molecule has 0 atom stereocenters. The zero-order valence-corrected chi connectivity index (χ0v) is 17.4. The molecule has 0 saturated carbocycles. The summed E-state index contributed by atoms with van der Waals surface area (Å²) in [5.41, 5.74) is -1.97. The lowest BCUT2D eigenvalue weighted by atomic mass is 10.0. The topological polar surface area (TPSA) is 71.9 Å². The number of aromatic amines is 1. The number of nitrogens with zero attached hydrogens (tertiary/aromatic N) is 1. The van der Waals surface area contributed by atoms with Gasteiger partial charge in [-0.3, -0.25) is 14.6 Å². The maximum Gasteiger partial charge on any atom is 0.335 e.